The molecule has 0 fully saturated rings. The molecular weight excluding hydrogens is 362 g/mol. The van der Waals surface area contributed by atoms with E-state index in [1.54, 1.807) is 0 Å². The molecule has 22 heavy (non-hydrogen) atoms. The maximum absolute atomic E-state index is 11.7. The van der Waals surface area contributed by atoms with Gasteiger partial charge in [0.2, 0.25) is 0 Å². The Morgan fingerprint density at radius 3 is 2.82 bits per heavy atom. The number of hydrogen-bond acceptors (Lipinski definition) is 4. The van der Waals surface area contributed by atoms with E-state index in [1.807, 2.05) is 42.5 Å². The van der Waals surface area contributed by atoms with Gasteiger partial charge >= 0.3 is 5.97 Å². The van der Waals surface area contributed by atoms with Crippen molar-refractivity contribution >= 4 is 39.3 Å². The summed E-state index contributed by atoms with van der Waals surface area (Å²) >= 11 is 5.01. The largest absolute Gasteiger partial charge is 0.457 e. The van der Waals surface area contributed by atoms with Gasteiger partial charge in [-0.05, 0) is 24.3 Å². The lowest BCUT2D eigenvalue weighted by molar-refractivity contribution is -0.137. The van der Waals surface area contributed by atoms with Crippen molar-refractivity contribution in [2.75, 3.05) is 6.61 Å². The van der Waals surface area contributed by atoms with Crippen LogP contribution in [0.5, 0.6) is 0 Å². The number of thiophene rings is 1. The quantitative estimate of drug-likeness (QED) is 0.327. The number of carbonyl (C=O) groups is 1. The van der Waals surface area contributed by atoms with Crippen molar-refractivity contribution in [2.45, 2.75) is 0 Å². The summed E-state index contributed by atoms with van der Waals surface area (Å²) in [5, 5.41) is 9.08. The SMILES string of the molecule is C=CCOC(=O)/C(C#N)=C/c1ccc(-c2ccccc2Br)s1. The number of carbonyl (C=O) groups excluding carboxylic acids is 1. The Morgan fingerprint density at radius 1 is 1.36 bits per heavy atom. The highest BCUT2D eigenvalue weighted by atomic mass is 79.9. The van der Waals surface area contributed by atoms with Crippen LogP contribution in [-0.2, 0) is 9.53 Å². The van der Waals surface area contributed by atoms with E-state index >= 15 is 0 Å². The van der Waals surface area contributed by atoms with Crippen LogP contribution in [0.4, 0.5) is 0 Å². The van der Waals surface area contributed by atoms with Crippen molar-refractivity contribution in [1.82, 2.24) is 0 Å². The predicted octanol–water partition coefficient (Wildman–Crippen LogP) is 4.81. The zero-order valence-electron chi connectivity index (χ0n) is 11.6. The molecule has 0 bridgehead atoms. The van der Waals surface area contributed by atoms with E-state index in [4.69, 9.17) is 10.00 Å². The molecule has 0 amide bonds. The van der Waals surface area contributed by atoms with Crippen LogP contribution in [0.2, 0.25) is 0 Å². The first-order chi connectivity index (χ1) is 10.7. The Labute approximate surface area is 141 Å². The molecule has 2 aromatic rings. The van der Waals surface area contributed by atoms with E-state index < -0.39 is 5.97 Å². The Morgan fingerprint density at radius 2 is 2.14 bits per heavy atom. The number of nitrogens with zero attached hydrogens (tertiary/aromatic N) is 1. The fraction of sp³-hybridized carbons (Fsp3) is 0.0588. The van der Waals surface area contributed by atoms with Crippen LogP contribution in [0.25, 0.3) is 16.5 Å². The van der Waals surface area contributed by atoms with Crippen LogP contribution in [0.3, 0.4) is 0 Å². The average molecular weight is 374 g/mol. The van der Waals surface area contributed by atoms with Gasteiger partial charge in [0.15, 0.2) is 0 Å². The van der Waals surface area contributed by atoms with Crippen LogP contribution < -0.4 is 0 Å². The number of nitriles is 1. The molecule has 0 spiro atoms. The van der Waals surface area contributed by atoms with Crippen molar-refractivity contribution in [3.05, 3.63) is 64.0 Å². The minimum atomic E-state index is -0.641. The molecule has 0 saturated heterocycles. The smallest absolute Gasteiger partial charge is 0.349 e. The van der Waals surface area contributed by atoms with E-state index in [-0.39, 0.29) is 12.2 Å². The molecule has 5 heteroatoms. The van der Waals surface area contributed by atoms with Crippen molar-refractivity contribution in [3.8, 4) is 16.5 Å². The molecule has 1 aromatic carbocycles. The van der Waals surface area contributed by atoms with Crippen LogP contribution in [0.15, 0.2) is 59.1 Å². The Bertz CT molecular complexity index is 771. The third-order valence-electron chi connectivity index (χ3n) is 2.73. The summed E-state index contributed by atoms with van der Waals surface area (Å²) in [6, 6.07) is 13.6. The summed E-state index contributed by atoms with van der Waals surface area (Å²) in [4.78, 5) is 13.6. The summed E-state index contributed by atoms with van der Waals surface area (Å²) in [7, 11) is 0. The van der Waals surface area contributed by atoms with E-state index in [0.717, 1.165) is 19.8 Å². The van der Waals surface area contributed by atoms with Crippen LogP contribution in [-0.4, -0.2) is 12.6 Å². The van der Waals surface area contributed by atoms with Gasteiger partial charge in [-0.15, -0.1) is 11.3 Å². The standard InChI is InChI=1S/C17H12BrNO2S/c1-2-9-21-17(20)12(11-19)10-13-7-8-16(22-13)14-5-3-4-6-15(14)18/h2-8,10H,1,9H2/b12-10+. The average Bonchev–Trinajstić information content (AvgIpc) is 2.99. The van der Waals surface area contributed by atoms with Gasteiger partial charge in [-0.1, -0.05) is 46.8 Å². The molecule has 0 atom stereocenters. The molecule has 0 unspecified atom stereocenters. The molecule has 2 rings (SSSR count). The van der Waals surface area contributed by atoms with Gasteiger partial charge in [0, 0.05) is 19.8 Å². The monoisotopic (exact) mass is 373 g/mol. The summed E-state index contributed by atoms with van der Waals surface area (Å²) in [6.07, 6.45) is 3.00. The Kier molecular flexibility index (Phi) is 5.70. The number of ether oxygens (including phenoxy) is 1. The van der Waals surface area contributed by atoms with Gasteiger partial charge in [-0.3, -0.25) is 0 Å². The van der Waals surface area contributed by atoms with Gasteiger partial charge in [0.25, 0.3) is 0 Å². The van der Waals surface area contributed by atoms with E-state index in [1.165, 1.54) is 23.5 Å². The van der Waals surface area contributed by atoms with Gasteiger partial charge in [-0.2, -0.15) is 5.26 Å². The zero-order chi connectivity index (χ0) is 15.9. The first-order valence-corrected chi connectivity index (χ1v) is 8.01. The number of halogens is 1. The summed E-state index contributed by atoms with van der Waals surface area (Å²) < 4.78 is 5.87. The third-order valence-corrected chi connectivity index (χ3v) is 4.48. The number of benzene rings is 1. The van der Waals surface area contributed by atoms with Crippen molar-refractivity contribution in [2.24, 2.45) is 0 Å². The van der Waals surface area contributed by atoms with Crippen LogP contribution >= 0.6 is 27.3 Å². The molecule has 0 aliphatic carbocycles. The molecule has 0 aliphatic heterocycles. The maximum Gasteiger partial charge on any atom is 0.349 e. The van der Waals surface area contributed by atoms with Gasteiger partial charge in [0.05, 0.1) is 0 Å². The second-order valence-corrected chi connectivity index (χ2v) is 6.21. The fourth-order valence-electron chi connectivity index (χ4n) is 1.73. The van der Waals surface area contributed by atoms with Crippen molar-refractivity contribution in [1.29, 1.82) is 5.26 Å². The summed E-state index contributed by atoms with van der Waals surface area (Å²) in [5.41, 5.74) is 1.04. The van der Waals surface area contributed by atoms with Crippen LogP contribution in [0, 0.1) is 11.3 Å². The second-order valence-electron chi connectivity index (χ2n) is 4.24. The predicted molar refractivity (Wildman–Crippen MR) is 92.2 cm³/mol. The van der Waals surface area contributed by atoms with Gasteiger partial charge < -0.3 is 4.74 Å². The van der Waals surface area contributed by atoms with Crippen molar-refractivity contribution in [3.63, 3.8) is 0 Å². The molecule has 0 radical (unpaired) electrons. The first-order valence-electron chi connectivity index (χ1n) is 6.40. The second kappa shape index (κ2) is 7.74. The molecule has 0 saturated carbocycles. The van der Waals surface area contributed by atoms with E-state index in [9.17, 15) is 4.79 Å². The fourth-order valence-corrected chi connectivity index (χ4v) is 3.35. The first kappa shape index (κ1) is 16.2. The lowest BCUT2D eigenvalue weighted by Gasteiger charge is -2.00. The number of hydrogen-bond donors (Lipinski definition) is 0. The lowest BCUT2D eigenvalue weighted by atomic mass is 10.2. The van der Waals surface area contributed by atoms with Crippen molar-refractivity contribution < 1.29 is 9.53 Å². The van der Waals surface area contributed by atoms with E-state index in [0.29, 0.717) is 0 Å². The minimum absolute atomic E-state index is 0.0256. The Balaban J connectivity index is 2.26. The highest BCUT2D eigenvalue weighted by molar-refractivity contribution is 9.10. The molecular formula is C17H12BrNO2S. The number of rotatable bonds is 5. The Hall–Kier alpha value is -2.16. The maximum atomic E-state index is 11.7. The molecule has 3 nitrogen and oxygen atoms in total. The molecule has 110 valence electrons. The summed E-state index contributed by atoms with van der Waals surface area (Å²) in [5.74, 6) is -0.641. The van der Waals surface area contributed by atoms with Gasteiger partial charge in [0.1, 0.15) is 18.2 Å². The normalized spacial score (nSPS) is 10.8. The highest BCUT2D eigenvalue weighted by Crippen LogP contribution is 2.34. The van der Waals surface area contributed by atoms with Crippen LogP contribution in [0.1, 0.15) is 4.88 Å². The lowest BCUT2D eigenvalue weighted by Crippen LogP contribution is -2.06. The third kappa shape index (κ3) is 3.94. The van der Waals surface area contributed by atoms with Gasteiger partial charge in [-0.25, -0.2) is 4.79 Å². The zero-order valence-corrected chi connectivity index (χ0v) is 14.0. The number of esters is 1. The van der Waals surface area contributed by atoms with E-state index in [2.05, 4.69) is 22.5 Å². The molecule has 0 N–H and O–H groups in total. The molecule has 1 heterocycles. The summed E-state index contributed by atoms with van der Waals surface area (Å²) in [6.45, 7) is 3.55. The molecule has 0 aliphatic rings. The highest BCUT2D eigenvalue weighted by Gasteiger charge is 2.11. The minimum Gasteiger partial charge on any atom is -0.457 e. The molecule has 1 aromatic heterocycles. The topological polar surface area (TPSA) is 50.1 Å².